The summed E-state index contributed by atoms with van der Waals surface area (Å²) in [6.45, 7) is 2.50. The Morgan fingerprint density at radius 1 is 0.740 bits per heavy atom. The number of unbranched alkanes of at least 4 members (excludes halogenated alkanes) is 3. The summed E-state index contributed by atoms with van der Waals surface area (Å²) in [5.74, 6) is -1.40. The number of hydrogen-bond acceptors (Lipinski definition) is 10. The molecule has 266 valence electrons. The van der Waals surface area contributed by atoms with E-state index in [1.807, 2.05) is 60.7 Å². The van der Waals surface area contributed by atoms with Gasteiger partial charge in [-0.05, 0) is 48.6 Å². The lowest BCUT2D eigenvalue weighted by atomic mass is 9.97. The molecule has 12 heteroatoms. The molecular weight excluding hydrogens is 642 g/mol. The highest BCUT2D eigenvalue weighted by atomic mass is 16.7. The number of esters is 2. The van der Waals surface area contributed by atoms with Crippen molar-refractivity contribution in [3.63, 3.8) is 0 Å². The fourth-order valence-electron chi connectivity index (χ4n) is 5.37. The van der Waals surface area contributed by atoms with Gasteiger partial charge in [0.05, 0.1) is 31.8 Å². The van der Waals surface area contributed by atoms with E-state index < -0.39 is 42.6 Å². The fraction of sp³-hybridized carbons (Fsp3) is 0.447. The summed E-state index contributed by atoms with van der Waals surface area (Å²) < 4.78 is 37.4. The van der Waals surface area contributed by atoms with E-state index in [9.17, 15) is 14.4 Å². The molecule has 3 aromatic carbocycles. The first-order valence-corrected chi connectivity index (χ1v) is 16.9. The number of carbonyl (C=O) groups is 3. The largest absolute Gasteiger partial charge is 0.457 e. The van der Waals surface area contributed by atoms with Gasteiger partial charge in [-0.25, -0.2) is 4.79 Å². The van der Waals surface area contributed by atoms with Gasteiger partial charge in [-0.1, -0.05) is 96.8 Å². The summed E-state index contributed by atoms with van der Waals surface area (Å²) in [4.78, 5) is 41.1. The van der Waals surface area contributed by atoms with E-state index in [0.717, 1.165) is 30.4 Å². The van der Waals surface area contributed by atoms with Crippen molar-refractivity contribution in [2.24, 2.45) is 5.11 Å². The first-order valence-electron chi connectivity index (χ1n) is 16.9. The molecule has 0 radical (unpaired) electrons. The number of Topliss-reactive ketones (excluding diaryl/α,β-unsaturated/α-hetero) is 1. The Kier molecular flexibility index (Phi) is 16.4. The average molecular weight is 688 g/mol. The van der Waals surface area contributed by atoms with Crippen LogP contribution in [0.15, 0.2) is 96.1 Å². The van der Waals surface area contributed by atoms with Gasteiger partial charge in [-0.15, -0.1) is 0 Å². The molecule has 0 amide bonds. The second kappa shape index (κ2) is 21.5. The van der Waals surface area contributed by atoms with Crippen LogP contribution in [0.2, 0.25) is 0 Å². The first-order chi connectivity index (χ1) is 24.4. The van der Waals surface area contributed by atoms with E-state index in [1.54, 1.807) is 30.3 Å². The lowest BCUT2D eigenvalue weighted by molar-refractivity contribution is -0.312. The van der Waals surface area contributed by atoms with Gasteiger partial charge < -0.3 is 33.2 Å². The third kappa shape index (κ3) is 13.0. The molecular formula is C38H45N3O9. The maximum absolute atomic E-state index is 13.5. The van der Waals surface area contributed by atoms with Crippen molar-refractivity contribution < 1.29 is 42.8 Å². The molecule has 1 saturated heterocycles. The van der Waals surface area contributed by atoms with Crippen LogP contribution in [0.4, 0.5) is 0 Å². The molecule has 50 heavy (non-hydrogen) atoms. The second-order valence-electron chi connectivity index (χ2n) is 11.9. The molecule has 3 aromatic rings. The van der Waals surface area contributed by atoms with Crippen molar-refractivity contribution in [3.05, 3.63) is 118 Å². The van der Waals surface area contributed by atoms with E-state index in [4.69, 9.17) is 34.0 Å². The van der Waals surface area contributed by atoms with E-state index in [-0.39, 0.29) is 45.1 Å². The third-order valence-electron chi connectivity index (χ3n) is 7.97. The highest BCUT2D eigenvalue weighted by Crippen LogP contribution is 2.31. The Hall–Kier alpha value is -4.58. The number of ketones is 1. The number of rotatable bonds is 21. The summed E-state index contributed by atoms with van der Waals surface area (Å²) in [6, 6.07) is 27.6. The molecule has 1 aliphatic heterocycles. The Bertz CT molecular complexity index is 1500. The maximum atomic E-state index is 13.5. The predicted octanol–water partition coefficient (Wildman–Crippen LogP) is 6.91. The van der Waals surface area contributed by atoms with Crippen LogP contribution in [0.1, 0.15) is 66.9 Å². The van der Waals surface area contributed by atoms with Gasteiger partial charge in [0.15, 0.2) is 18.5 Å². The second-order valence-corrected chi connectivity index (χ2v) is 11.9. The summed E-state index contributed by atoms with van der Waals surface area (Å²) in [5, 5.41) is 3.58. The van der Waals surface area contributed by atoms with Crippen molar-refractivity contribution in [2.75, 3.05) is 19.8 Å². The number of nitrogens with zero attached hydrogens (tertiary/aromatic N) is 3. The van der Waals surface area contributed by atoms with Crippen molar-refractivity contribution in [1.29, 1.82) is 0 Å². The van der Waals surface area contributed by atoms with Crippen molar-refractivity contribution in [2.45, 2.75) is 89.4 Å². The molecule has 5 atom stereocenters. The number of hydrogen-bond donors (Lipinski definition) is 0. The zero-order chi connectivity index (χ0) is 35.4. The van der Waals surface area contributed by atoms with Gasteiger partial charge in [0.1, 0.15) is 18.0 Å². The Labute approximate surface area is 292 Å². The van der Waals surface area contributed by atoms with E-state index in [2.05, 4.69) is 10.0 Å². The highest BCUT2D eigenvalue weighted by molar-refractivity contribution is 5.89. The molecule has 4 rings (SSSR count). The summed E-state index contributed by atoms with van der Waals surface area (Å²) in [6.07, 6.45) is -2.26. The standard InChI is InChI=1S/C38H45N3O9/c1-28(42)21-22-33(43)49-34-32(27-45-25-29-15-7-4-8-16-29)48-38(46-24-14-3-2-13-23-40-41-39)36(50-37(44)31-19-11-6-12-20-31)35(34)47-26-30-17-9-5-10-18-30/h4-12,15-20,32,34-36,38H,2-3,13-14,21-27H2,1H3/t32-,34-,35+,36-,38-/m1/s1. The zero-order valence-corrected chi connectivity index (χ0v) is 28.3. The Morgan fingerprint density at radius 2 is 1.38 bits per heavy atom. The minimum Gasteiger partial charge on any atom is -0.457 e. The van der Waals surface area contributed by atoms with Gasteiger partial charge in [0.25, 0.3) is 0 Å². The first kappa shape index (κ1) is 38.2. The SMILES string of the molecule is CC(=O)CCC(=O)O[C@H]1[C@H](OCc2ccccc2)[C@@H](OC(=O)c2ccccc2)[C@H](OCCCCCCN=[N+]=[N-])O[C@@H]1COCc1ccccc1. The van der Waals surface area contributed by atoms with Crippen LogP contribution in [-0.2, 0) is 51.2 Å². The molecule has 0 aromatic heterocycles. The topological polar surface area (TPSA) is 155 Å². The quantitative estimate of drug-likeness (QED) is 0.0382. The van der Waals surface area contributed by atoms with E-state index in [0.29, 0.717) is 18.5 Å². The van der Waals surface area contributed by atoms with Crippen LogP contribution in [0.5, 0.6) is 0 Å². The van der Waals surface area contributed by atoms with Gasteiger partial charge in [0.2, 0.25) is 0 Å². The van der Waals surface area contributed by atoms with Gasteiger partial charge in [-0.2, -0.15) is 0 Å². The lowest BCUT2D eigenvalue weighted by Crippen LogP contribution is -2.62. The number of azide groups is 1. The molecule has 1 heterocycles. The Balaban J connectivity index is 1.62. The van der Waals surface area contributed by atoms with Crippen LogP contribution in [0, 0.1) is 0 Å². The average Bonchev–Trinajstić information content (AvgIpc) is 3.14. The van der Waals surface area contributed by atoms with Gasteiger partial charge in [-0.3, -0.25) is 4.79 Å². The molecule has 1 aliphatic rings. The van der Waals surface area contributed by atoms with Crippen molar-refractivity contribution >= 4 is 17.7 Å². The molecule has 0 unspecified atom stereocenters. The lowest BCUT2D eigenvalue weighted by Gasteiger charge is -2.45. The van der Waals surface area contributed by atoms with Crippen LogP contribution in [0.25, 0.3) is 10.4 Å². The minimum absolute atomic E-state index is 0.00334. The fourth-order valence-corrected chi connectivity index (χ4v) is 5.37. The molecule has 0 saturated carbocycles. The summed E-state index contributed by atoms with van der Waals surface area (Å²) in [5.41, 5.74) is 10.6. The predicted molar refractivity (Wildman–Crippen MR) is 184 cm³/mol. The number of ether oxygens (including phenoxy) is 6. The monoisotopic (exact) mass is 687 g/mol. The third-order valence-corrected chi connectivity index (χ3v) is 7.97. The molecule has 0 aliphatic carbocycles. The van der Waals surface area contributed by atoms with E-state index in [1.165, 1.54) is 6.92 Å². The smallest absolute Gasteiger partial charge is 0.338 e. The molecule has 1 fully saturated rings. The maximum Gasteiger partial charge on any atom is 0.338 e. The van der Waals surface area contributed by atoms with Gasteiger partial charge >= 0.3 is 11.9 Å². The minimum atomic E-state index is -1.15. The Morgan fingerprint density at radius 3 is 2.04 bits per heavy atom. The van der Waals surface area contributed by atoms with Crippen LogP contribution < -0.4 is 0 Å². The van der Waals surface area contributed by atoms with Crippen molar-refractivity contribution in [1.82, 2.24) is 0 Å². The van der Waals surface area contributed by atoms with Crippen molar-refractivity contribution in [3.8, 4) is 0 Å². The van der Waals surface area contributed by atoms with Crippen LogP contribution in [0.3, 0.4) is 0 Å². The zero-order valence-electron chi connectivity index (χ0n) is 28.3. The van der Waals surface area contributed by atoms with E-state index >= 15 is 0 Å². The van der Waals surface area contributed by atoms with Crippen LogP contribution in [-0.4, -0.2) is 68.2 Å². The normalized spacial score (nSPS) is 20.0. The highest BCUT2D eigenvalue weighted by Gasteiger charge is 2.51. The van der Waals surface area contributed by atoms with Crippen LogP contribution >= 0.6 is 0 Å². The van der Waals surface area contributed by atoms with Gasteiger partial charge in [0, 0.05) is 24.5 Å². The summed E-state index contributed by atoms with van der Waals surface area (Å²) in [7, 11) is 0. The molecule has 0 bridgehead atoms. The molecule has 0 spiro atoms. The molecule has 0 N–H and O–H groups in total. The molecule has 12 nitrogen and oxygen atoms in total. The summed E-state index contributed by atoms with van der Waals surface area (Å²) >= 11 is 0. The number of carbonyl (C=O) groups excluding carboxylic acids is 3. The number of benzene rings is 3.